The van der Waals surface area contributed by atoms with Crippen molar-refractivity contribution in [3.05, 3.63) is 92.7 Å². The summed E-state index contributed by atoms with van der Waals surface area (Å²) in [7, 11) is 0. The molecule has 3 aromatic rings. The molecule has 0 saturated heterocycles. The smallest absolute Gasteiger partial charge is 0.416 e. The third-order valence-corrected chi connectivity index (χ3v) is 5.42. The van der Waals surface area contributed by atoms with Crippen molar-refractivity contribution >= 4 is 17.3 Å². The highest BCUT2D eigenvalue weighted by molar-refractivity contribution is 6.33. The van der Waals surface area contributed by atoms with Crippen LogP contribution in [0.5, 0.6) is 5.75 Å². The number of benzene rings is 3. The molecule has 0 aromatic heterocycles. The third kappa shape index (κ3) is 7.38. The van der Waals surface area contributed by atoms with Crippen molar-refractivity contribution in [2.24, 2.45) is 0 Å². The molecular formula is C24H21ClF4N2O4. The van der Waals surface area contributed by atoms with Gasteiger partial charge in [-0.25, -0.2) is 4.39 Å². The van der Waals surface area contributed by atoms with E-state index in [0.29, 0.717) is 24.1 Å². The van der Waals surface area contributed by atoms with Crippen LogP contribution in [0.25, 0.3) is 11.1 Å². The van der Waals surface area contributed by atoms with E-state index in [1.807, 2.05) is 0 Å². The van der Waals surface area contributed by atoms with Crippen LogP contribution in [0.3, 0.4) is 0 Å². The number of rotatable bonds is 10. The van der Waals surface area contributed by atoms with Crippen molar-refractivity contribution in [2.75, 3.05) is 19.7 Å². The quantitative estimate of drug-likeness (QED) is 0.159. The topological polar surface area (TPSA) is 84.6 Å². The molecule has 0 heterocycles. The van der Waals surface area contributed by atoms with Crippen LogP contribution in [0.1, 0.15) is 11.1 Å². The van der Waals surface area contributed by atoms with Crippen molar-refractivity contribution in [1.82, 2.24) is 5.32 Å². The van der Waals surface area contributed by atoms with Crippen LogP contribution in [-0.4, -0.2) is 35.8 Å². The number of aliphatic hydroxyl groups is 1. The number of nitrogens with one attached hydrogen (secondary N) is 1. The molecular weight excluding hydrogens is 492 g/mol. The van der Waals surface area contributed by atoms with E-state index in [4.69, 9.17) is 16.3 Å². The number of aliphatic hydroxyl groups excluding tert-OH is 1. The van der Waals surface area contributed by atoms with E-state index >= 15 is 0 Å². The zero-order chi connectivity index (χ0) is 25.6. The van der Waals surface area contributed by atoms with Crippen molar-refractivity contribution < 1.29 is 32.3 Å². The van der Waals surface area contributed by atoms with Gasteiger partial charge in [0.05, 0.1) is 16.6 Å². The fourth-order valence-corrected chi connectivity index (χ4v) is 3.47. The molecule has 3 aromatic carbocycles. The second-order valence-corrected chi connectivity index (χ2v) is 8.09. The van der Waals surface area contributed by atoms with Crippen molar-refractivity contribution in [3.63, 3.8) is 0 Å². The lowest BCUT2D eigenvalue weighted by Crippen LogP contribution is -2.32. The van der Waals surface area contributed by atoms with E-state index < -0.39 is 34.3 Å². The first kappa shape index (κ1) is 26.4. The molecule has 11 heteroatoms. The number of alkyl halides is 3. The second-order valence-electron chi connectivity index (χ2n) is 7.68. The van der Waals surface area contributed by atoms with Crippen molar-refractivity contribution in [3.8, 4) is 16.9 Å². The van der Waals surface area contributed by atoms with E-state index in [2.05, 4.69) is 5.32 Å². The van der Waals surface area contributed by atoms with E-state index in [-0.39, 0.29) is 23.9 Å². The third-order valence-electron chi connectivity index (χ3n) is 5.09. The SMILES string of the molecule is O=[N+]([O-])c1ccc(OCC(O)CNCCc2ccc(-c3cc(C(F)(F)F)ccc3Cl)cc2)c(F)c1. The van der Waals surface area contributed by atoms with Crippen LogP contribution in [0.2, 0.25) is 5.02 Å². The summed E-state index contributed by atoms with van der Waals surface area (Å²) in [6.07, 6.45) is -4.83. The normalized spacial score (nSPS) is 12.4. The predicted molar refractivity (Wildman–Crippen MR) is 123 cm³/mol. The van der Waals surface area contributed by atoms with Gasteiger partial charge in [0.2, 0.25) is 0 Å². The van der Waals surface area contributed by atoms with Gasteiger partial charge >= 0.3 is 6.18 Å². The minimum absolute atomic E-state index is 0.159. The standard InChI is InChI=1S/C24H21ClF4N2O4/c25-21-7-5-17(24(27,28)29)11-20(21)16-3-1-15(2-4-16)9-10-30-13-19(32)14-35-23-8-6-18(31(33)34)12-22(23)26/h1-8,11-12,19,30,32H,9-10,13-14H2. The minimum atomic E-state index is -4.46. The Morgan fingerprint density at radius 1 is 1.09 bits per heavy atom. The van der Waals surface area contributed by atoms with Crippen LogP contribution < -0.4 is 10.1 Å². The summed E-state index contributed by atoms with van der Waals surface area (Å²) >= 11 is 6.09. The van der Waals surface area contributed by atoms with Gasteiger partial charge in [0, 0.05) is 23.2 Å². The van der Waals surface area contributed by atoms with Crippen LogP contribution in [0.15, 0.2) is 60.7 Å². The number of halogens is 5. The van der Waals surface area contributed by atoms with Gasteiger partial charge in [0.1, 0.15) is 12.7 Å². The number of hydrogen-bond donors (Lipinski definition) is 2. The summed E-state index contributed by atoms with van der Waals surface area (Å²) in [5, 5.41) is 23.9. The van der Waals surface area contributed by atoms with Crippen molar-refractivity contribution in [1.29, 1.82) is 0 Å². The molecule has 0 spiro atoms. The first-order valence-electron chi connectivity index (χ1n) is 10.5. The van der Waals surface area contributed by atoms with E-state index in [1.165, 1.54) is 6.07 Å². The highest BCUT2D eigenvalue weighted by Crippen LogP contribution is 2.36. The molecule has 186 valence electrons. The van der Waals surface area contributed by atoms with Crippen molar-refractivity contribution in [2.45, 2.75) is 18.7 Å². The number of nitro groups is 1. The monoisotopic (exact) mass is 512 g/mol. The van der Waals surface area contributed by atoms with E-state index in [9.17, 15) is 32.8 Å². The van der Waals surface area contributed by atoms with Gasteiger partial charge in [-0.2, -0.15) is 13.2 Å². The lowest BCUT2D eigenvalue weighted by atomic mass is 10.0. The maximum atomic E-state index is 13.8. The second kappa shape index (κ2) is 11.5. The van der Waals surface area contributed by atoms with Gasteiger partial charge in [-0.15, -0.1) is 0 Å². The summed E-state index contributed by atoms with van der Waals surface area (Å²) in [5.74, 6) is -1.09. The van der Waals surface area contributed by atoms with E-state index in [0.717, 1.165) is 35.9 Å². The van der Waals surface area contributed by atoms with Gasteiger partial charge in [-0.05, 0) is 48.4 Å². The average Bonchev–Trinajstić information content (AvgIpc) is 2.81. The van der Waals surface area contributed by atoms with Crippen LogP contribution in [0.4, 0.5) is 23.2 Å². The number of nitro benzene ring substituents is 1. The molecule has 2 N–H and O–H groups in total. The highest BCUT2D eigenvalue weighted by atomic mass is 35.5. The van der Waals surface area contributed by atoms with Crippen LogP contribution >= 0.6 is 11.6 Å². The maximum absolute atomic E-state index is 13.8. The molecule has 3 rings (SSSR count). The number of ether oxygens (including phenoxy) is 1. The van der Waals surface area contributed by atoms with Crippen LogP contribution in [-0.2, 0) is 12.6 Å². The molecule has 0 aliphatic rings. The molecule has 6 nitrogen and oxygen atoms in total. The Kier molecular flexibility index (Phi) is 8.66. The molecule has 0 amide bonds. The summed E-state index contributed by atoms with van der Waals surface area (Å²) in [4.78, 5) is 9.90. The Morgan fingerprint density at radius 3 is 2.43 bits per heavy atom. The summed E-state index contributed by atoms with van der Waals surface area (Å²) < 4.78 is 57.9. The Bertz CT molecular complexity index is 1170. The Balaban J connectivity index is 1.45. The minimum Gasteiger partial charge on any atom is -0.488 e. The highest BCUT2D eigenvalue weighted by Gasteiger charge is 2.31. The molecule has 35 heavy (non-hydrogen) atoms. The summed E-state index contributed by atoms with van der Waals surface area (Å²) in [6.45, 7) is 0.438. The molecule has 0 radical (unpaired) electrons. The number of nitrogens with zero attached hydrogens (tertiary/aromatic N) is 1. The Labute approximate surface area is 203 Å². The fourth-order valence-electron chi connectivity index (χ4n) is 3.24. The number of hydrogen-bond acceptors (Lipinski definition) is 5. The van der Waals surface area contributed by atoms with Gasteiger partial charge in [0.15, 0.2) is 11.6 Å². The summed E-state index contributed by atoms with van der Waals surface area (Å²) in [6, 6.07) is 13.1. The molecule has 1 unspecified atom stereocenters. The van der Waals surface area contributed by atoms with Crippen LogP contribution in [0, 0.1) is 15.9 Å². The number of non-ortho nitro benzene ring substituents is 1. The zero-order valence-corrected chi connectivity index (χ0v) is 18.9. The molecule has 0 saturated carbocycles. The Morgan fingerprint density at radius 2 is 1.80 bits per heavy atom. The molecule has 0 bridgehead atoms. The Hall–Kier alpha value is -3.21. The molecule has 0 fully saturated rings. The molecule has 1 atom stereocenters. The van der Waals surface area contributed by atoms with Gasteiger partial charge in [-0.1, -0.05) is 35.9 Å². The zero-order valence-electron chi connectivity index (χ0n) is 18.2. The van der Waals surface area contributed by atoms with Gasteiger partial charge < -0.3 is 15.2 Å². The van der Waals surface area contributed by atoms with E-state index in [1.54, 1.807) is 24.3 Å². The molecule has 0 aliphatic heterocycles. The first-order valence-corrected chi connectivity index (χ1v) is 10.8. The van der Waals surface area contributed by atoms with Gasteiger partial charge in [0.25, 0.3) is 5.69 Å². The molecule has 0 aliphatic carbocycles. The summed E-state index contributed by atoms with van der Waals surface area (Å²) in [5.41, 5.74) is 0.595. The van der Waals surface area contributed by atoms with Gasteiger partial charge in [-0.3, -0.25) is 10.1 Å². The first-order chi connectivity index (χ1) is 16.5. The lowest BCUT2D eigenvalue weighted by Gasteiger charge is -2.14. The average molecular weight is 513 g/mol. The lowest BCUT2D eigenvalue weighted by molar-refractivity contribution is -0.385. The predicted octanol–water partition coefficient (Wildman–Crippen LogP) is 5.65. The maximum Gasteiger partial charge on any atom is 0.416 e. The fraction of sp³-hybridized carbons (Fsp3) is 0.250. The largest absolute Gasteiger partial charge is 0.488 e.